The van der Waals surface area contributed by atoms with Crippen molar-refractivity contribution in [2.75, 3.05) is 5.32 Å². The van der Waals surface area contributed by atoms with E-state index in [0.717, 1.165) is 36.1 Å². The molecule has 1 aliphatic carbocycles. The first kappa shape index (κ1) is 17.0. The number of benzene rings is 1. The summed E-state index contributed by atoms with van der Waals surface area (Å²) in [6, 6.07) is 4.41. The van der Waals surface area contributed by atoms with Gasteiger partial charge in [-0.05, 0) is 44.4 Å². The van der Waals surface area contributed by atoms with Crippen molar-refractivity contribution in [3.05, 3.63) is 28.8 Å². The standard InChI is InChI=1S/C18H21ClN2O3/c1-10-14(19)8-5-9-15(10)20-16(22)11(2)21-17(23)12-6-3-4-7-13(12)18(21)24/h5,8-9,11-13H,3-4,6-7H2,1-2H3,(H,20,22). The molecule has 1 aromatic rings. The van der Waals surface area contributed by atoms with Crippen molar-refractivity contribution in [2.45, 2.75) is 45.6 Å². The van der Waals surface area contributed by atoms with Crippen LogP contribution in [0.2, 0.25) is 5.02 Å². The first-order valence-corrected chi connectivity index (χ1v) is 8.72. The van der Waals surface area contributed by atoms with Gasteiger partial charge < -0.3 is 5.32 Å². The van der Waals surface area contributed by atoms with Gasteiger partial charge in [0.05, 0.1) is 11.8 Å². The molecule has 3 amide bonds. The highest BCUT2D eigenvalue weighted by Gasteiger charge is 2.50. The van der Waals surface area contributed by atoms with E-state index in [1.807, 2.05) is 6.92 Å². The Bertz CT molecular complexity index is 680. The van der Waals surface area contributed by atoms with Crippen LogP contribution < -0.4 is 5.32 Å². The third-order valence-electron chi connectivity index (χ3n) is 5.17. The fraction of sp³-hybridized carbons (Fsp3) is 0.500. The smallest absolute Gasteiger partial charge is 0.247 e. The van der Waals surface area contributed by atoms with Gasteiger partial charge in [0.2, 0.25) is 17.7 Å². The Morgan fingerprint density at radius 2 is 1.79 bits per heavy atom. The molecule has 3 unspecified atom stereocenters. The van der Waals surface area contributed by atoms with E-state index < -0.39 is 6.04 Å². The summed E-state index contributed by atoms with van der Waals surface area (Å²) in [6.07, 6.45) is 3.42. The van der Waals surface area contributed by atoms with Gasteiger partial charge in [-0.15, -0.1) is 0 Å². The molecule has 2 fully saturated rings. The van der Waals surface area contributed by atoms with Gasteiger partial charge in [0, 0.05) is 10.7 Å². The summed E-state index contributed by atoms with van der Waals surface area (Å²) in [5.41, 5.74) is 1.35. The first-order chi connectivity index (χ1) is 11.4. The number of carbonyl (C=O) groups is 3. The Kier molecular flexibility index (Phi) is 4.63. The highest BCUT2D eigenvalue weighted by molar-refractivity contribution is 6.31. The second-order valence-corrected chi connectivity index (χ2v) is 7.03. The monoisotopic (exact) mass is 348 g/mol. The van der Waals surface area contributed by atoms with E-state index >= 15 is 0 Å². The molecule has 1 saturated heterocycles. The van der Waals surface area contributed by atoms with Crippen LogP contribution in [0.4, 0.5) is 5.69 Å². The van der Waals surface area contributed by atoms with Gasteiger partial charge in [-0.25, -0.2) is 0 Å². The fourth-order valence-corrected chi connectivity index (χ4v) is 3.84. The van der Waals surface area contributed by atoms with E-state index in [1.54, 1.807) is 25.1 Å². The second kappa shape index (κ2) is 6.55. The maximum absolute atomic E-state index is 12.6. The molecule has 0 radical (unpaired) electrons. The van der Waals surface area contributed by atoms with Gasteiger partial charge in [0.15, 0.2) is 0 Å². The number of hydrogen-bond donors (Lipinski definition) is 1. The summed E-state index contributed by atoms with van der Waals surface area (Å²) < 4.78 is 0. The van der Waals surface area contributed by atoms with E-state index in [0.29, 0.717) is 10.7 Å². The van der Waals surface area contributed by atoms with E-state index in [1.165, 1.54) is 0 Å². The number of halogens is 1. The van der Waals surface area contributed by atoms with Gasteiger partial charge in [0.25, 0.3) is 0 Å². The number of fused-ring (bicyclic) bond motifs is 1. The lowest BCUT2D eigenvalue weighted by Gasteiger charge is -2.23. The first-order valence-electron chi connectivity index (χ1n) is 8.34. The Labute approximate surface area is 146 Å². The molecule has 1 saturated carbocycles. The Morgan fingerprint density at radius 3 is 2.38 bits per heavy atom. The summed E-state index contributed by atoms with van der Waals surface area (Å²) in [5, 5.41) is 3.34. The number of hydrogen-bond acceptors (Lipinski definition) is 3. The molecule has 3 rings (SSSR count). The van der Waals surface area contributed by atoms with Crippen molar-refractivity contribution in [1.82, 2.24) is 4.90 Å². The maximum Gasteiger partial charge on any atom is 0.247 e. The number of carbonyl (C=O) groups excluding carboxylic acids is 3. The van der Waals surface area contributed by atoms with Crippen LogP contribution in [0, 0.1) is 18.8 Å². The average Bonchev–Trinajstić information content (AvgIpc) is 2.83. The zero-order valence-electron chi connectivity index (χ0n) is 13.8. The number of anilines is 1. The summed E-state index contributed by atoms with van der Waals surface area (Å²) in [6.45, 7) is 3.41. The molecule has 0 aromatic heterocycles. The number of amides is 3. The van der Waals surface area contributed by atoms with Crippen molar-refractivity contribution in [1.29, 1.82) is 0 Å². The number of likely N-dealkylation sites (tertiary alicyclic amines) is 1. The van der Waals surface area contributed by atoms with Crippen molar-refractivity contribution in [2.24, 2.45) is 11.8 Å². The van der Waals surface area contributed by atoms with E-state index in [2.05, 4.69) is 5.32 Å². The average molecular weight is 349 g/mol. The van der Waals surface area contributed by atoms with Crippen LogP contribution in [0.25, 0.3) is 0 Å². The van der Waals surface area contributed by atoms with Crippen LogP contribution in [0.5, 0.6) is 0 Å². The number of nitrogens with one attached hydrogen (secondary N) is 1. The van der Waals surface area contributed by atoms with Gasteiger partial charge >= 0.3 is 0 Å². The highest BCUT2D eigenvalue weighted by Crippen LogP contribution is 2.39. The van der Waals surface area contributed by atoms with Crippen LogP contribution in [0.15, 0.2) is 18.2 Å². The molecule has 2 aliphatic rings. The molecule has 1 heterocycles. The fourth-order valence-electron chi connectivity index (χ4n) is 3.67. The van der Waals surface area contributed by atoms with Gasteiger partial charge in [0.1, 0.15) is 6.04 Å². The Hall–Kier alpha value is -1.88. The molecule has 1 aliphatic heterocycles. The minimum atomic E-state index is -0.825. The normalized spacial score (nSPS) is 24.7. The molecule has 1 N–H and O–H groups in total. The molecule has 6 heteroatoms. The zero-order chi connectivity index (χ0) is 17.4. The predicted octanol–water partition coefficient (Wildman–Crippen LogP) is 3.15. The van der Waals surface area contributed by atoms with Gasteiger partial charge in [-0.3, -0.25) is 19.3 Å². The van der Waals surface area contributed by atoms with Crippen LogP contribution >= 0.6 is 11.6 Å². The molecule has 128 valence electrons. The molecule has 5 nitrogen and oxygen atoms in total. The van der Waals surface area contributed by atoms with Gasteiger partial charge in [-0.2, -0.15) is 0 Å². The van der Waals surface area contributed by atoms with Crippen LogP contribution in [0.1, 0.15) is 38.2 Å². The van der Waals surface area contributed by atoms with E-state index in [9.17, 15) is 14.4 Å². The second-order valence-electron chi connectivity index (χ2n) is 6.62. The van der Waals surface area contributed by atoms with E-state index in [4.69, 9.17) is 11.6 Å². The Morgan fingerprint density at radius 1 is 1.21 bits per heavy atom. The highest BCUT2D eigenvalue weighted by atomic mass is 35.5. The molecule has 0 spiro atoms. The topological polar surface area (TPSA) is 66.5 Å². The lowest BCUT2D eigenvalue weighted by molar-refractivity contribution is -0.146. The predicted molar refractivity (Wildman–Crippen MR) is 91.6 cm³/mol. The van der Waals surface area contributed by atoms with Crippen molar-refractivity contribution in [3.63, 3.8) is 0 Å². The maximum atomic E-state index is 12.6. The number of rotatable bonds is 3. The largest absolute Gasteiger partial charge is 0.324 e. The third-order valence-corrected chi connectivity index (χ3v) is 5.58. The molecule has 24 heavy (non-hydrogen) atoms. The zero-order valence-corrected chi connectivity index (χ0v) is 14.6. The lowest BCUT2D eigenvalue weighted by Crippen LogP contribution is -2.46. The summed E-state index contributed by atoms with van der Waals surface area (Å²) in [4.78, 5) is 38.9. The SMILES string of the molecule is Cc1c(Cl)cccc1NC(=O)C(C)N1C(=O)C2CCCCC2C1=O. The van der Waals surface area contributed by atoms with Crippen LogP contribution in [0.3, 0.4) is 0 Å². The van der Waals surface area contributed by atoms with Gasteiger partial charge in [-0.1, -0.05) is 30.5 Å². The Balaban J connectivity index is 1.77. The summed E-state index contributed by atoms with van der Waals surface area (Å²) >= 11 is 6.06. The van der Waals surface area contributed by atoms with Crippen LogP contribution in [-0.2, 0) is 14.4 Å². The minimum absolute atomic E-state index is 0.199. The summed E-state index contributed by atoms with van der Waals surface area (Å²) in [5.74, 6) is -1.25. The molecule has 0 bridgehead atoms. The number of nitrogens with zero attached hydrogens (tertiary/aromatic N) is 1. The minimum Gasteiger partial charge on any atom is -0.324 e. The van der Waals surface area contributed by atoms with E-state index in [-0.39, 0.29) is 29.6 Å². The number of imide groups is 1. The lowest BCUT2D eigenvalue weighted by atomic mass is 9.81. The van der Waals surface area contributed by atoms with Crippen molar-refractivity contribution >= 4 is 35.0 Å². The quantitative estimate of drug-likeness (QED) is 0.853. The van der Waals surface area contributed by atoms with Crippen LogP contribution in [-0.4, -0.2) is 28.7 Å². The summed E-state index contributed by atoms with van der Waals surface area (Å²) in [7, 11) is 0. The molecular formula is C18H21ClN2O3. The molecule has 3 atom stereocenters. The molecular weight excluding hydrogens is 328 g/mol. The molecule has 1 aromatic carbocycles. The third kappa shape index (κ3) is 2.81. The van der Waals surface area contributed by atoms with Crippen molar-refractivity contribution in [3.8, 4) is 0 Å². The van der Waals surface area contributed by atoms with Crippen molar-refractivity contribution < 1.29 is 14.4 Å².